The fourth-order valence-electron chi connectivity index (χ4n) is 2.98. The topological polar surface area (TPSA) is 50.2 Å². The normalized spacial score (nSPS) is 10.4. The molecule has 5 nitrogen and oxygen atoms in total. The third-order valence-corrected chi connectivity index (χ3v) is 4.70. The molecule has 1 heterocycles. The molecule has 0 aliphatic heterocycles. The maximum absolute atomic E-state index is 12.7. The molecule has 1 N–H and O–H groups in total. The minimum Gasteiger partial charge on any atom is -0.355 e. The average molecular weight is 411 g/mol. The fraction of sp³-hybridized carbons (Fsp3) is 0.154. The maximum atomic E-state index is 12.7. The Morgan fingerprint density at radius 3 is 2.71 bits per heavy atom. The van der Waals surface area contributed by atoms with Crippen molar-refractivity contribution >= 4 is 5.91 Å². The number of hydrogen-bond donors (Lipinski definition) is 1. The van der Waals surface area contributed by atoms with Crippen LogP contribution in [0.2, 0.25) is 0 Å². The number of aromatic nitrogens is 2. The Morgan fingerprint density at radius 2 is 2.00 bits per heavy atom. The molecule has 0 spiro atoms. The van der Waals surface area contributed by atoms with Gasteiger partial charge in [0.2, 0.25) is 0 Å². The Balaban J connectivity index is 1.78. The number of allylic oxidation sites excluding steroid dienone is 1. The van der Waals surface area contributed by atoms with E-state index in [0.29, 0.717) is 18.5 Å². The van der Waals surface area contributed by atoms with Gasteiger partial charge in [0, 0.05) is 49.2 Å². The molecule has 0 aliphatic carbocycles. The summed E-state index contributed by atoms with van der Waals surface area (Å²) in [7, 11) is 1.94. The highest BCUT2D eigenvalue weighted by atomic mass is 16.1. The lowest BCUT2D eigenvalue weighted by molar-refractivity contribution is 0.0953. The van der Waals surface area contributed by atoms with Gasteiger partial charge in [-0.25, -0.2) is 4.68 Å². The Labute approximate surface area is 183 Å². The maximum Gasteiger partial charge on any atom is 0.251 e. The van der Waals surface area contributed by atoms with Crippen LogP contribution in [0.4, 0.5) is 0 Å². The molecule has 1 aromatic heterocycles. The summed E-state index contributed by atoms with van der Waals surface area (Å²) in [6.45, 7) is 6.51. The van der Waals surface area contributed by atoms with E-state index in [-0.39, 0.29) is 5.91 Å². The standard InChI is InChI=1S/C26H26N4O/c1-4-18-29(3)21(2)15-17-27-26(31)24-13-14-25(30-19-8-16-28-30)23(20-24)12-11-22-9-6-5-7-10-22/h4-10,13-14,16,18-20H,2,15,17H2,1,3H3,(H,27,31)/b18-4-. The van der Waals surface area contributed by atoms with E-state index in [1.807, 2.05) is 85.9 Å². The third-order valence-electron chi connectivity index (χ3n) is 4.70. The Morgan fingerprint density at radius 1 is 1.19 bits per heavy atom. The van der Waals surface area contributed by atoms with Crippen LogP contribution in [0.5, 0.6) is 0 Å². The largest absolute Gasteiger partial charge is 0.355 e. The van der Waals surface area contributed by atoms with Crippen LogP contribution in [0.25, 0.3) is 5.69 Å². The summed E-state index contributed by atoms with van der Waals surface area (Å²) >= 11 is 0. The highest BCUT2D eigenvalue weighted by Crippen LogP contribution is 2.16. The molecule has 0 fully saturated rings. The molecule has 31 heavy (non-hydrogen) atoms. The number of benzene rings is 2. The Hall–Kier alpha value is -4.04. The van der Waals surface area contributed by atoms with Gasteiger partial charge in [-0.3, -0.25) is 4.79 Å². The van der Waals surface area contributed by atoms with Crippen LogP contribution < -0.4 is 5.32 Å². The number of carbonyl (C=O) groups is 1. The number of nitrogens with zero attached hydrogens (tertiary/aromatic N) is 3. The van der Waals surface area contributed by atoms with Crippen LogP contribution >= 0.6 is 0 Å². The molecule has 1 amide bonds. The van der Waals surface area contributed by atoms with Gasteiger partial charge in [-0.1, -0.05) is 42.7 Å². The van der Waals surface area contributed by atoms with Gasteiger partial charge < -0.3 is 10.2 Å². The molecular weight excluding hydrogens is 384 g/mol. The monoisotopic (exact) mass is 410 g/mol. The molecular formula is C26H26N4O. The lowest BCUT2D eigenvalue weighted by atomic mass is 10.1. The Kier molecular flexibility index (Phi) is 7.45. The van der Waals surface area contributed by atoms with Crippen molar-refractivity contribution in [3.05, 3.63) is 108 Å². The van der Waals surface area contributed by atoms with Gasteiger partial charge in [-0.2, -0.15) is 5.10 Å². The van der Waals surface area contributed by atoms with Crippen molar-refractivity contribution in [1.29, 1.82) is 0 Å². The molecule has 0 atom stereocenters. The summed E-state index contributed by atoms with van der Waals surface area (Å²) in [6, 6.07) is 17.1. The van der Waals surface area contributed by atoms with E-state index in [1.54, 1.807) is 16.9 Å². The van der Waals surface area contributed by atoms with E-state index in [0.717, 1.165) is 22.5 Å². The van der Waals surface area contributed by atoms with Gasteiger partial charge in [0.25, 0.3) is 5.91 Å². The predicted octanol–water partition coefficient (Wildman–Crippen LogP) is 4.37. The average Bonchev–Trinajstić information content (AvgIpc) is 3.33. The van der Waals surface area contributed by atoms with E-state index in [4.69, 9.17) is 0 Å². The van der Waals surface area contributed by atoms with E-state index >= 15 is 0 Å². The molecule has 0 saturated heterocycles. The summed E-state index contributed by atoms with van der Waals surface area (Å²) < 4.78 is 1.75. The van der Waals surface area contributed by atoms with Gasteiger partial charge in [0.1, 0.15) is 0 Å². The molecule has 5 heteroatoms. The molecule has 0 aliphatic rings. The molecule has 156 valence electrons. The summed E-state index contributed by atoms with van der Waals surface area (Å²) in [6.07, 6.45) is 8.12. The minimum absolute atomic E-state index is 0.142. The van der Waals surface area contributed by atoms with Crippen LogP contribution in [-0.4, -0.2) is 34.2 Å². The van der Waals surface area contributed by atoms with Crippen molar-refractivity contribution in [1.82, 2.24) is 20.0 Å². The molecule has 3 aromatic rings. The molecule has 0 unspecified atom stereocenters. The van der Waals surface area contributed by atoms with Crippen molar-refractivity contribution < 1.29 is 4.79 Å². The lowest BCUT2D eigenvalue weighted by Crippen LogP contribution is -2.26. The van der Waals surface area contributed by atoms with Crippen molar-refractivity contribution in [2.45, 2.75) is 13.3 Å². The first-order chi connectivity index (χ1) is 15.1. The second-order valence-electron chi connectivity index (χ2n) is 6.96. The summed E-state index contributed by atoms with van der Waals surface area (Å²) in [5, 5.41) is 7.27. The number of nitrogens with one attached hydrogen (secondary N) is 1. The lowest BCUT2D eigenvalue weighted by Gasteiger charge is -2.17. The van der Waals surface area contributed by atoms with E-state index in [9.17, 15) is 4.79 Å². The van der Waals surface area contributed by atoms with Crippen molar-refractivity contribution in [2.75, 3.05) is 13.6 Å². The fourth-order valence-corrected chi connectivity index (χ4v) is 2.98. The zero-order valence-electron chi connectivity index (χ0n) is 17.9. The van der Waals surface area contributed by atoms with Gasteiger partial charge in [-0.15, -0.1) is 0 Å². The van der Waals surface area contributed by atoms with E-state index < -0.39 is 0 Å². The summed E-state index contributed by atoms with van der Waals surface area (Å²) in [5.74, 6) is 6.22. The van der Waals surface area contributed by atoms with E-state index in [1.165, 1.54) is 0 Å². The quantitative estimate of drug-likeness (QED) is 0.589. The second kappa shape index (κ2) is 10.7. The second-order valence-corrected chi connectivity index (χ2v) is 6.96. The molecule has 3 rings (SSSR count). The van der Waals surface area contributed by atoms with Crippen molar-refractivity contribution in [2.24, 2.45) is 0 Å². The smallest absolute Gasteiger partial charge is 0.251 e. The van der Waals surface area contributed by atoms with Crippen LogP contribution in [0.1, 0.15) is 34.8 Å². The molecule has 0 radical (unpaired) electrons. The summed E-state index contributed by atoms with van der Waals surface area (Å²) in [5.41, 5.74) is 3.96. The Bertz CT molecular complexity index is 1120. The molecule has 0 saturated carbocycles. The first kappa shape index (κ1) is 21.7. The van der Waals surface area contributed by atoms with E-state index in [2.05, 4.69) is 28.8 Å². The summed E-state index contributed by atoms with van der Waals surface area (Å²) in [4.78, 5) is 14.7. The zero-order valence-corrected chi connectivity index (χ0v) is 17.9. The molecule has 0 bridgehead atoms. The SMILES string of the molecule is C=C(CCNC(=O)c1ccc(-n2cccn2)c(C#Cc2ccccc2)c1)N(C)/C=C\C. The number of amides is 1. The van der Waals surface area contributed by atoms with Crippen LogP contribution in [0, 0.1) is 11.8 Å². The van der Waals surface area contributed by atoms with Gasteiger partial charge in [-0.05, 0) is 49.5 Å². The van der Waals surface area contributed by atoms with Crippen molar-refractivity contribution in [3.63, 3.8) is 0 Å². The number of hydrogen-bond acceptors (Lipinski definition) is 3. The zero-order chi connectivity index (χ0) is 22.1. The van der Waals surface area contributed by atoms with Crippen LogP contribution in [0.15, 0.2) is 91.5 Å². The highest BCUT2D eigenvalue weighted by molar-refractivity contribution is 5.95. The van der Waals surface area contributed by atoms with Gasteiger partial charge >= 0.3 is 0 Å². The predicted molar refractivity (Wildman–Crippen MR) is 125 cm³/mol. The first-order valence-electron chi connectivity index (χ1n) is 10.1. The minimum atomic E-state index is -0.142. The first-order valence-corrected chi connectivity index (χ1v) is 10.1. The molecule has 2 aromatic carbocycles. The number of rotatable bonds is 7. The van der Waals surface area contributed by atoms with Crippen molar-refractivity contribution in [3.8, 4) is 17.5 Å². The van der Waals surface area contributed by atoms with Crippen LogP contribution in [-0.2, 0) is 0 Å². The highest BCUT2D eigenvalue weighted by Gasteiger charge is 2.10. The van der Waals surface area contributed by atoms with Gasteiger partial charge in [0.15, 0.2) is 0 Å². The number of carbonyl (C=O) groups excluding carboxylic acids is 1. The van der Waals surface area contributed by atoms with Gasteiger partial charge in [0.05, 0.1) is 11.3 Å². The third kappa shape index (κ3) is 5.97. The van der Waals surface area contributed by atoms with Crippen LogP contribution in [0.3, 0.4) is 0 Å².